The van der Waals surface area contributed by atoms with Crippen LogP contribution in [0.15, 0.2) is 71.7 Å². The van der Waals surface area contributed by atoms with E-state index in [9.17, 15) is 22.8 Å². The number of nitrogens with one attached hydrogen (secondary N) is 2. The number of benzene rings is 1. The van der Waals surface area contributed by atoms with Gasteiger partial charge in [-0.25, -0.2) is 0 Å². The maximum atomic E-state index is 13.8. The number of halogens is 3. The maximum Gasteiger partial charge on any atom is 0.573 e. The van der Waals surface area contributed by atoms with Crippen molar-refractivity contribution in [1.29, 1.82) is 0 Å². The standard InChI is InChI=1S/C28H31F3N4O3S/c29-28(30,31)38-21-11-9-19(10-12-21)17-32-15-13-25(36)34-16-14-24-23(18-34)26(37)35(20-5-2-1-3-6-20)27(33-24)39-22-7-4-8-22/h1-2,5,9-13,15,22,27,32-33H,3-4,6-8,14,16-18H2/b15-13+. The quantitative estimate of drug-likeness (QED) is 0.441. The van der Waals surface area contributed by atoms with Gasteiger partial charge in [0.1, 0.15) is 5.75 Å². The average Bonchev–Trinajstić information content (AvgIpc) is 2.89. The molecule has 7 nitrogen and oxygen atoms in total. The highest BCUT2D eigenvalue weighted by Gasteiger charge is 2.40. The monoisotopic (exact) mass is 560 g/mol. The maximum absolute atomic E-state index is 13.8. The van der Waals surface area contributed by atoms with Gasteiger partial charge in [0, 0.05) is 48.4 Å². The van der Waals surface area contributed by atoms with Gasteiger partial charge in [-0.3, -0.25) is 14.5 Å². The van der Waals surface area contributed by atoms with Gasteiger partial charge in [0.15, 0.2) is 5.50 Å². The normalized spacial score (nSPS) is 21.9. The first-order valence-electron chi connectivity index (χ1n) is 13.1. The molecule has 0 bridgehead atoms. The zero-order chi connectivity index (χ0) is 27.4. The van der Waals surface area contributed by atoms with Gasteiger partial charge in [0.2, 0.25) is 5.91 Å². The number of carbonyl (C=O) groups is 2. The van der Waals surface area contributed by atoms with Gasteiger partial charge in [0.25, 0.3) is 5.91 Å². The number of thioether (sulfide) groups is 1. The highest BCUT2D eigenvalue weighted by molar-refractivity contribution is 8.00. The SMILES string of the molecule is O=C(/C=C/NCc1ccc(OC(F)(F)F)cc1)N1CCC2=C(C1)C(=O)N(C1=CC=CCC1)C(SC1CCC1)N2. The second-order valence-electron chi connectivity index (χ2n) is 9.86. The summed E-state index contributed by atoms with van der Waals surface area (Å²) in [6, 6.07) is 5.52. The minimum atomic E-state index is -4.73. The van der Waals surface area contributed by atoms with Gasteiger partial charge in [0.05, 0.1) is 12.1 Å². The van der Waals surface area contributed by atoms with Crippen molar-refractivity contribution in [3.8, 4) is 5.75 Å². The Balaban J connectivity index is 1.18. The highest BCUT2D eigenvalue weighted by atomic mass is 32.2. The molecule has 1 atom stereocenters. The topological polar surface area (TPSA) is 73.9 Å². The van der Waals surface area contributed by atoms with Crippen LogP contribution in [-0.2, 0) is 16.1 Å². The molecule has 0 spiro atoms. The van der Waals surface area contributed by atoms with Gasteiger partial charge < -0.3 is 20.3 Å². The first-order valence-corrected chi connectivity index (χ1v) is 14.1. The average molecular weight is 561 g/mol. The molecule has 11 heteroatoms. The fraction of sp³-hybridized carbons (Fsp3) is 0.429. The summed E-state index contributed by atoms with van der Waals surface area (Å²) >= 11 is 1.83. The van der Waals surface area contributed by atoms with Crippen LogP contribution in [0.3, 0.4) is 0 Å². The van der Waals surface area contributed by atoms with Crippen LogP contribution >= 0.6 is 11.8 Å². The molecule has 2 N–H and O–H groups in total. The van der Waals surface area contributed by atoms with Crippen molar-refractivity contribution in [1.82, 2.24) is 20.4 Å². The summed E-state index contributed by atoms with van der Waals surface area (Å²) in [7, 11) is 0. The van der Waals surface area contributed by atoms with Crippen LogP contribution in [0.25, 0.3) is 0 Å². The minimum Gasteiger partial charge on any atom is -0.406 e. The Kier molecular flexibility index (Phi) is 8.25. The van der Waals surface area contributed by atoms with Crippen LogP contribution in [0.1, 0.15) is 44.1 Å². The number of carbonyl (C=O) groups excluding carboxylic acids is 2. The zero-order valence-corrected chi connectivity index (χ0v) is 22.2. The molecule has 0 radical (unpaired) electrons. The van der Waals surface area contributed by atoms with Crippen LogP contribution in [0.4, 0.5) is 13.2 Å². The van der Waals surface area contributed by atoms with Crippen molar-refractivity contribution in [3.05, 3.63) is 77.3 Å². The summed E-state index contributed by atoms with van der Waals surface area (Å²) in [5.74, 6) is -0.530. The van der Waals surface area contributed by atoms with Crippen molar-refractivity contribution in [2.75, 3.05) is 13.1 Å². The molecule has 208 valence electrons. The van der Waals surface area contributed by atoms with Crippen LogP contribution < -0.4 is 15.4 Å². The number of hydrogen-bond donors (Lipinski definition) is 2. The summed E-state index contributed by atoms with van der Waals surface area (Å²) in [6.07, 6.45) is 10.2. The molecule has 0 aromatic heterocycles. The number of rotatable bonds is 8. The van der Waals surface area contributed by atoms with Crippen molar-refractivity contribution >= 4 is 23.6 Å². The molecule has 1 unspecified atom stereocenters. The number of ether oxygens (including phenoxy) is 1. The number of amides is 2. The summed E-state index contributed by atoms with van der Waals surface area (Å²) in [5, 5.41) is 7.16. The van der Waals surface area contributed by atoms with Crippen LogP contribution in [0.2, 0.25) is 0 Å². The molecule has 39 heavy (non-hydrogen) atoms. The Morgan fingerprint density at radius 2 is 2.00 bits per heavy atom. The first-order chi connectivity index (χ1) is 18.8. The lowest BCUT2D eigenvalue weighted by Gasteiger charge is -2.45. The molecule has 2 aliphatic heterocycles. The van der Waals surface area contributed by atoms with Gasteiger partial charge in [-0.1, -0.05) is 30.7 Å². The number of hydrogen-bond acceptors (Lipinski definition) is 6. The summed E-state index contributed by atoms with van der Waals surface area (Å²) in [5.41, 5.74) is 3.18. The Bertz CT molecular complexity index is 1210. The minimum absolute atomic E-state index is 0.0281. The summed E-state index contributed by atoms with van der Waals surface area (Å²) < 4.78 is 40.8. The van der Waals surface area contributed by atoms with Crippen LogP contribution in [-0.4, -0.2) is 51.8 Å². The Morgan fingerprint density at radius 1 is 1.21 bits per heavy atom. The molecular formula is C28H31F3N4O3S. The molecule has 1 saturated carbocycles. The Labute approximate surface area is 229 Å². The van der Waals surface area contributed by atoms with E-state index in [1.165, 1.54) is 55.8 Å². The third-order valence-electron chi connectivity index (χ3n) is 7.15. The van der Waals surface area contributed by atoms with Gasteiger partial charge >= 0.3 is 6.36 Å². The fourth-order valence-electron chi connectivity index (χ4n) is 4.85. The number of alkyl halides is 3. The van der Waals surface area contributed by atoms with E-state index in [4.69, 9.17) is 0 Å². The van der Waals surface area contributed by atoms with Gasteiger partial charge in [-0.2, -0.15) is 0 Å². The lowest BCUT2D eigenvalue weighted by molar-refractivity contribution is -0.274. The van der Waals surface area contributed by atoms with E-state index in [2.05, 4.69) is 21.4 Å². The molecule has 4 aliphatic rings. The van der Waals surface area contributed by atoms with Crippen LogP contribution in [0.5, 0.6) is 5.75 Å². The van der Waals surface area contributed by atoms with Gasteiger partial charge in [-0.05, 0) is 49.5 Å². The van der Waals surface area contributed by atoms with E-state index in [1.54, 1.807) is 4.90 Å². The third kappa shape index (κ3) is 6.81. The number of nitrogens with zero attached hydrogens (tertiary/aromatic N) is 2. The molecule has 2 aliphatic carbocycles. The fourth-order valence-corrected chi connectivity index (χ4v) is 6.38. The Morgan fingerprint density at radius 3 is 2.67 bits per heavy atom. The molecule has 5 rings (SSSR count). The third-order valence-corrected chi connectivity index (χ3v) is 8.59. The van der Waals surface area contributed by atoms with E-state index in [0.29, 0.717) is 30.3 Å². The van der Waals surface area contributed by atoms with Crippen molar-refractivity contribution in [2.45, 2.75) is 62.2 Å². The van der Waals surface area contributed by atoms with Crippen molar-refractivity contribution in [2.24, 2.45) is 0 Å². The van der Waals surface area contributed by atoms with E-state index in [1.807, 2.05) is 28.8 Å². The molecule has 1 aromatic carbocycles. The van der Waals surface area contributed by atoms with Gasteiger partial charge in [-0.15, -0.1) is 24.9 Å². The first kappa shape index (κ1) is 27.2. The van der Waals surface area contributed by atoms with E-state index >= 15 is 0 Å². The summed E-state index contributed by atoms with van der Waals surface area (Å²) in [4.78, 5) is 30.2. The van der Waals surface area contributed by atoms with E-state index in [0.717, 1.165) is 29.8 Å². The lowest BCUT2D eigenvalue weighted by atomic mass is 10.00. The molecule has 0 saturated heterocycles. The highest BCUT2D eigenvalue weighted by Crippen LogP contribution is 2.39. The summed E-state index contributed by atoms with van der Waals surface area (Å²) in [6.45, 7) is 1.08. The van der Waals surface area contributed by atoms with Crippen LogP contribution in [0, 0.1) is 0 Å². The predicted octanol–water partition coefficient (Wildman–Crippen LogP) is 4.91. The Hall–Kier alpha value is -3.34. The molecule has 2 amide bonds. The predicted molar refractivity (Wildman–Crippen MR) is 143 cm³/mol. The molecule has 1 fully saturated rings. The lowest BCUT2D eigenvalue weighted by Crippen LogP contribution is -2.55. The van der Waals surface area contributed by atoms with E-state index < -0.39 is 6.36 Å². The second-order valence-corrected chi connectivity index (χ2v) is 11.2. The zero-order valence-electron chi connectivity index (χ0n) is 21.4. The van der Waals surface area contributed by atoms with Crippen molar-refractivity contribution in [3.63, 3.8) is 0 Å². The van der Waals surface area contributed by atoms with Crippen molar-refractivity contribution < 1.29 is 27.5 Å². The largest absolute Gasteiger partial charge is 0.573 e. The van der Waals surface area contributed by atoms with E-state index in [-0.39, 0.29) is 29.6 Å². The molecule has 1 aromatic rings. The molecular weight excluding hydrogens is 529 g/mol. The smallest absolute Gasteiger partial charge is 0.406 e. The number of allylic oxidation sites excluding steroid dienone is 4. The second kappa shape index (κ2) is 11.8. The molecule has 2 heterocycles.